The van der Waals surface area contributed by atoms with Gasteiger partial charge in [0.05, 0.1) is 11.1 Å². The molecule has 31 heavy (non-hydrogen) atoms. The molecule has 0 N–H and O–H groups in total. The molecule has 0 saturated heterocycles. The van der Waals surface area contributed by atoms with Gasteiger partial charge in [-0.3, -0.25) is 9.59 Å². The maximum absolute atomic E-state index is 12.3. The Morgan fingerprint density at radius 3 is 1.19 bits per heavy atom. The molecule has 0 fully saturated rings. The molecule has 0 aliphatic carbocycles. The van der Waals surface area contributed by atoms with E-state index in [0.29, 0.717) is 12.8 Å². The highest BCUT2D eigenvalue weighted by Crippen LogP contribution is 2.13. The van der Waals surface area contributed by atoms with E-state index in [2.05, 4.69) is 13.8 Å². The lowest BCUT2D eigenvalue weighted by molar-refractivity contribution is -0.154. The van der Waals surface area contributed by atoms with Crippen LogP contribution in [0.25, 0.3) is 0 Å². The first-order valence-electron chi connectivity index (χ1n) is 12.0. The Labute approximate surface area is 188 Å². The third-order valence-electron chi connectivity index (χ3n) is 5.20. The quantitative estimate of drug-likeness (QED) is 0.0799. The molecule has 176 valence electrons. The van der Waals surface area contributed by atoms with Crippen LogP contribution in [0.1, 0.15) is 118 Å². The fourth-order valence-corrected chi connectivity index (χ4v) is 3.28. The van der Waals surface area contributed by atoms with Crippen molar-refractivity contribution in [3.63, 3.8) is 0 Å². The number of hydrogen-bond donors (Lipinski definition) is 0. The molecule has 0 aliphatic heterocycles. The average Bonchev–Trinajstić information content (AvgIpc) is 2.71. The predicted octanol–water partition coefficient (Wildman–Crippen LogP) is 6.59. The third-order valence-corrected chi connectivity index (χ3v) is 5.20. The van der Waals surface area contributed by atoms with E-state index in [0.717, 1.165) is 38.5 Å². The van der Waals surface area contributed by atoms with Crippen molar-refractivity contribution in [2.45, 2.75) is 118 Å². The molecule has 0 aromatic carbocycles. The van der Waals surface area contributed by atoms with Gasteiger partial charge in [0, 0.05) is 0 Å². The van der Waals surface area contributed by atoms with Gasteiger partial charge >= 0.3 is 11.9 Å². The molecule has 0 amide bonds. The third kappa shape index (κ3) is 14.6. The Morgan fingerprint density at radius 1 is 0.548 bits per heavy atom. The zero-order valence-electron chi connectivity index (χ0n) is 20.1. The second-order valence-electron chi connectivity index (χ2n) is 8.14. The molecule has 5 nitrogen and oxygen atoms in total. The van der Waals surface area contributed by atoms with Crippen LogP contribution in [-0.4, -0.2) is 23.5 Å². The smallest absolute Gasteiger partial charge is 0.349 e. The van der Waals surface area contributed by atoms with Crippen LogP contribution in [0, 0.1) is 0 Å². The molecule has 0 atom stereocenters. The van der Waals surface area contributed by atoms with Crippen molar-refractivity contribution in [2.75, 3.05) is 0 Å². The van der Waals surface area contributed by atoms with Crippen molar-refractivity contribution in [1.29, 1.82) is 0 Å². The predicted molar refractivity (Wildman–Crippen MR) is 125 cm³/mol. The van der Waals surface area contributed by atoms with Crippen LogP contribution in [0.5, 0.6) is 0 Å². The standard InChI is InChI=1S/C26H42O5/c1-5-7-9-11-13-15-17-19-23(21(3)27)25(29)31-26(30)24(22(4)28)20-18-16-14-12-10-8-6-2/h19-20H,5-18H2,1-4H3. The molecule has 0 aromatic rings. The summed E-state index contributed by atoms with van der Waals surface area (Å²) in [6, 6.07) is 0. The summed E-state index contributed by atoms with van der Waals surface area (Å²) in [4.78, 5) is 48.3. The molecule has 0 spiro atoms. The van der Waals surface area contributed by atoms with Crippen molar-refractivity contribution in [1.82, 2.24) is 0 Å². The van der Waals surface area contributed by atoms with Crippen molar-refractivity contribution < 1.29 is 23.9 Å². The van der Waals surface area contributed by atoms with Crippen LogP contribution in [0.3, 0.4) is 0 Å². The number of Topliss-reactive ketones (excluding diaryl/α,β-unsaturated/α-hetero) is 2. The van der Waals surface area contributed by atoms with Gasteiger partial charge in [0.15, 0.2) is 11.6 Å². The minimum Gasteiger partial charge on any atom is -0.386 e. The molecular formula is C26H42O5. The number of unbranched alkanes of at least 4 members (excludes halogenated alkanes) is 12. The van der Waals surface area contributed by atoms with E-state index >= 15 is 0 Å². The minimum atomic E-state index is -0.977. The zero-order chi connectivity index (χ0) is 23.5. The van der Waals surface area contributed by atoms with Gasteiger partial charge in [-0.15, -0.1) is 0 Å². The summed E-state index contributed by atoms with van der Waals surface area (Å²) in [5.74, 6) is -2.83. The highest BCUT2D eigenvalue weighted by Gasteiger charge is 2.23. The van der Waals surface area contributed by atoms with Crippen LogP contribution in [0.4, 0.5) is 0 Å². The molecule has 0 saturated carbocycles. The molecular weight excluding hydrogens is 392 g/mol. The van der Waals surface area contributed by atoms with E-state index in [9.17, 15) is 19.2 Å². The van der Waals surface area contributed by atoms with Gasteiger partial charge in [0.2, 0.25) is 0 Å². The van der Waals surface area contributed by atoms with Crippen molar-refractivity contribution in [3.8, 4) is 0 Å². The fourth-order valence-electron chi connectivity index (χ4n) is 3.28. The summed E-state index contributed by atoms with van der Waals surface area (Å²) in [6.45, 7) is 6.88. The van der Waals surface area contributed by atoms with Crippen LogP contribution < -0.4 is 0 Å². The van der Waals surface area contributed by atoms with Gasteiger partial charge in [0.1, 0.15) is 0 Å². The number of hydrogen-bond acceptors (Lipinski definition) is 5. The zero-order valence-corrected chi connectivity index (χ0v) is 20.1. The van der Waals surface area contributed by atoms with Gasteiger partial charge < -0.3 is 4.74 Å². The number of carbonyl (C=O) groups excluding carboxylic acids is 4. The Morgan fingerprint density at radius 2 is 0.871 bits per heavy atom. The van der Waals surface area contributed by atoms with E-state index in [1.54, 1.807) is 12.2 Å². The SMILES string of the molecule is CCCCCCCCC=C(C(C)=O)C(=O)OC(=O)C(=CCCCCCCCC)C(C)=O. The number of ether oxygens (including phenoxy) is 1. The summed E-state index contributed by atoms with van der Waals surface area (Å²) < 4.78 is 4.86. The Bertz CT molecular complexity index is 574. The summed E-state index contributed by atoms with van der Waals surface area (Å²) in [5, 5.41) is 0. The molecule has 5 heteroatoms. The second kappa shape index (κ2) is 18.7. The summed E-state index contributed by atoms with van der Waals surface area (Å²) in [7, 11) is 0. The second-order valence-corrected chi connectivity index (χ2v) is 8.14. The molecule has 0 unspecified atom stereocenters. The lowest BCUT2D eigenvalue weighted by Crippen LogP contribution is -2.21. The number of carbonyl (C=O) groups is 4. The van der Waals surface area contributed by atoms with Crippen molar-refractivity contribution in [3.05, 3.63) is 23.3 Å². The first-order valence-corrected chi connectivity index (χ1v) is 12.0. The molecule has 0 rings (SSSR count). The van der Waals surface area contributed by atoms with Gasteiger partial charge in [-0.25, -0.2) is 9.59 Å². The molecule has 0 radical (unpaired) electrons. The normalized spacial score (nSPS) is 12.0. The number of allylic oxidation sites excluding steroid dienone is 2. The molecule has 0 aliphatic rings. The van der Waals surface area contributed by atoms with E-state index < -0.39 is 23.5 Å². The number of rotatable bonds is 18. The summed E-state index contributed by atoms with van der Waals surface area (Å²) in [6.07, 6.45) is 17.5. The highest BCUT2D eigenvalue weighted by molar-refractivity contribution is 6.23. The monoisotopic (exact) mass is 434 g/mol. The Balaban J connectivity index is 4.70. The van der Waals surface area contributed by atoms with Crippen LogP contribution >= 0.6 is 0 Å². The van der Waals surface area contributed by atoms with Gasteiger partial charge in [-0.05, 0) is 39.5 Å². The van der Waals surface area contributed by atoms with E-state index in [4.69, 9.17) is 4.74 Å². The first-order chi connectivity index (χ1) is 14.8. The molecule has 0 bridgehead atoms. The van der Waals surface area contributed by atoms with Crippen LogP contribution in [0.2, 0.25) is 0 Å². The lowest BCUT2D eigenvalue weighted by Gasteiger charge is -2.07. The fraction of sp³-hybridized carbons (Fsp3) is 0.692. The molecule has 0 aromatic heterocycles. The van der Waals surface area contributed by atoms with Gasteiger partial charge in [0.25, 0.3) is 0 Å². The first kappa shape index (κ1) is 29.0. The average molecular weight is 435 g/mol. The number of ketones is 2. The summed E-state index contributed by atoms with van der Waals surface area (Å²) >= 11 is 0. The van der Waals surface area contributed by atoms with Crippen LogP contribution in [-0.2, 0) is 23.9 Å². The van der Waals surface area contributed by atoms with Crippen molar-refractivity contribution >= 4 is 23.5 Å². The maximum atomic E-state index is 12.3. The van der Waals surface area contributed by atoms with E-state index in [1.165, 1.54) is 52.4 Å². The van der Waals surface area contributed by atoms with E-state index in [-0.39, 0.29) is 11.1 Å². The van der Waals surface area contributed by atoms with Gasteiger partial charge in [-0.2, -0.15) is 0 Å². The lowest BCUT2D eigenvalue weighted by atomic mass is 10.1. The Hall–Kier alpha value is -2.04. The van der Waals surface area contributed by atoms with Crippen LogP contribution in [0.15, 0.2) is 23.3 Å². The highest BCUT2D eigenvalue weighted by atomic mass is 16.6. The minimum absolute atomic E-state index is 0.124. The number of esters is 2. The summed E-state index contributed by atoms with van der Waals surface area (Å²) in [5.41, 5.74) is -0.249. The Kier molecular flexibility index (Phi) is 17.5. The topological polar surface area (TPSA) is 77.5 Å². The maximum Gasteiger partial charge on any atom is 0.349 e. The largest absolute Gasteiger partial charge is 0.386 e. The van der Waals surface area contributed by atoms with Gasteiger partial charge in [-0.1, -0.05) is 90.2 Å². The molecule has 0 heterocycles. The van der Waals surface area contributed by atoms with Crippen molar-refractivity contribution in [2.24, 2.45) is 0 Å². The van der Waals surface area contributed by atoms with E-state index in [1.807, 2.05) is 0 Å².